The van der Waals surface area contributed by atoms with E-state index in [0.29, 0.717) is 17.1 Å². The van der Waals surface area contributed by atoms with Crippen LogP contribution in [-0.4, -0.2) is 29.3 Å². The molecule has 0 atom stereocenters. The van der Waals surface area contributed by atoms with E-state index < -0.39 is 32.5 Å². The predicted molar refractivity (Wildman–Crippen MR) is 171 cm³/mol. The van der Waals surface area contributed by atoms with Gasteiger partial charge >= 0.3 is 0 Å². The molecule has 0 aromatic heterocycles. The van der Waals surface area contributed by atoms with Gasteiger partial charge < -0.3 is 5.32 Å². The van der Waals surface area contributed by atoms with E-state index in [1.165, 1.54) is 36.4 Å². The third-order valence-electron chi connectivity index (χ3n) is 6.95. The second kappa shape index (κ2) is 12.3. The van der Waals surface area contributed by atoms with Gasteiger partial charge in [0, 0.05) is 11.1 Å². The Bertz CT molecular complexity index is 1950. The average Bonchev–Trinajstić information content (AvgIpc) is 3.00. The Morgan fingerprint density at radius 2 is 1.33 bits per heavy atom. The molecule has 0 saturated heterocycles. The van der Waals surface area contributed by atoms with Crippen molar-refractivity contribution in [3.8, 4) is 0 Å². The summed E-state index contributed by atoms with van der Waals surface area (Å²) >= 11 is 0. The SMILES string of the molecule is CC(C)c1ccc(N(CC(=O)Nc2ccc(S(=O)(=O)Nc3cccc4ccccc34)cc2)S(=O)(=O)c2ccccc2)cc1. The number of anilines is 3. The maximum absolute atomic E-state index is 13.6. The van der Waals surface area contributed by atoms with Crippen LogP contribution in [0.15, 0.2) is 131 Å². The number of rotatable bonds is 10. The Morgan fingerprint density at radius 1 is 0.698 bits per heavy atom. The summed E-state index contributed by atoms with van der Waals surface area (Å²) in [6.45, 7) is 3.59. The number of benzene rings is 5. The molecule has 0 saturated carbocycles. The minimum Gasteiger partial charge on any atom is -0.325 e. The van der Waals surface area contributed by atoms with Crippen LogP contribution in [0.5, 0.6) is 0 Å². The van der Waals surface area contributed by atoms with Crippen molar-refractivity contribution < 1.29 is 21.6 Å². The van der Waals surface area contributed by atoms with Gasteiger partial charge in [-0.05, 0) is 71.5 Å². The summed E-state index contributed by atoms with van der Waals surface area (Å²) in [5.41, 5.74) is 2.16. The van der Waals surface area contributed by atoms with Gasteiger partial charge in [-0.1, -0.05) is 80.6 Å². The fourth-order valence-corrected chi connectivity index (χ4v) is 7.15. The molecule has 0 unspecified atom stereocenters. The first kappa shape index (κ1) is 29.8. The van der Waals surface area contributed by atoms with E-state index >= 15 is 0 Å². The standard InChI is InChI=1S/C33H31N3O5S2/c1-24(2)25-15-19-28(20-16-25)36(43(40,41)30-11-4-3-5-12-30)23-33(37)34-27-17-21-29(22-18-27)42(38,39)35-32-14-8-10-26-9-6-7-13-31(26)32/h3-22,24,35H,23H2,1-2H3,(H,34,37). The lowest BCUT2D eigenvalue weighted by molar-refractivity contribution is -0.114. The fraction of sp³-hybridized carbons (Fsp3) is 0.121. The Kier molecular flexibility index (Phi) is 8.52. The molecule has 0 spiro atoms. The highest BCUT2D eigenvalue weighted by molar-refractivity contribution is 7.93. The van der Waals surface area contributed by atoms with Gasteiger partial charge in [0.25, 0.3) is 20.0 Å². The maximum Gasteiger partial charge on any atom is 0.264 e. The summed E-state index contributed by atoms with van der Waals surface area (Å²) in [6, 6.07) is 33.5. The van der Waals surface area contributed by atoms with Gasteiger partial charge in [-0.2, -0.15) is 0 Å². The van der Waals surface area contributed by atoms with Crippen molar-refractivity contribution in [1.29, 1.82) is 0 Å². The van der Waals surface area contributed by atoms with Crippen LogP contribution in [0.1, 0.15) is 25.3 Å². The molecule has 43 heavy (non-hydrogen) atoms. The highest BCUT2D eigenvalue weighted by Crippen LogP contribution is 2.28. The summed E-state index contributed by atoms with van der Waals surface area (Å²) in [5, 5.41) is 4.36. The van der Waals surface area contributed by atoms with Crippen molar-refractivity contribution in [3.05, 3.63) is 127 Å². The van der Waals surface area contributed by atoms with Crippen LogP contribution in [0, 0.1) is 0 Å². The highest BCUT2D eigenvalue weighted by atomic mass is 32.2. The topological polar surface area (TPSA) is 113 Å². The summed E-state index contributed by atoms with van der Waals surface area (Å²) in [7, 11) is -7.98. The van der Waals surface area contributed by atoms with Crippen LogP contribution >= 0.6 is 0 Å². The lowest BCUT2D eigenvalue weighted by Gasteiger charge is -2.24. The molecule has 0 aliphatic heterocycles. The zero-order chi connectivity index (χ0) is 30.6. The molecule has 0 bridgehead atoms. The van der Waals surface area contributed by atoms with Crippen LogP contribution in [0.4, 0.5) is 17.1 Å². The number of carbonyl (C=O) groups is 1. The first-order valence-corrected chi connectivity index (χ1v) is 16.6. The van der Waals surface area contributed by atoms with Crippen LogP contribution in [0.25, 0.3) is 10.8 Å². The number of fused-ring (bicyclic) bond motifs is 1. The van der Waals surface area contributed by atoms with Crippen molar-refractivity contribution >= 4 is 53.8 Å². The molecule has 8 nitrogen and oxygen atoms in total. The van der Waals surface area contributed by atoms with Crippen LogP contribution in [0.3, 0.4) is 0 Å². The molecule has 0 aliphatic rings. The number of nitrogens with one attached hydrogen (secondary N) is 2. The van der Waals surface area contributed by atoms with Crippen LogP contribution in [0.2, 0.25) is 0 Å². The maximum atomic E-state index is 13.6. The first-order valence-electron chi connectivity index (χ1n) is 13.6. The van der Waals surface area contributed by atoms with E-state index in [0.717, 1.165) is 20.6 Å². The number of sulfonamides is 2. The molecule has 2 N–H and O–H groups in total. The highest BCUT2D eigenvalue weighted by Gasteiger charge is 2.27. The summed E-state index contributed by atoms with van der Waals surface area (Å²) in [5.74, 6) is -0.331. The van der Waals surface area contributed by atoms with Gasteiger partial charge in [0.15, 0.2) is 0 Å². The Labute approximate surface area is 252 Å². The number of nitrogens with zero attached hydrogens (tertiary/aromatic N) is 1. The summed E-state index contributed by atoms with van der Waals surface area (Å²) < 4.78 is 57.1. The van der Waals surface area contributed by atoms with E-state index in [9.17, 15) is 21.6 Å². The molecule has 220 valence electrons. The normalized spacial score (nSPS) is 11.8. The van der Waals surface area contributed by atoms with Gasteiger partial charge in [-0.3, -0.25) is 13.8 Å². The lowest BCUT2D eigenvalue weighted by atomic mass is 10.0. The molecule has 5 rings (SSSR count). The third-order valence-corrected chi connectivity index (χ3v) is 10.1. The van der Waals surface area contributed by atoms with Crippen molar-refractivity contribution in [3.63, 3.8) is 0 Å². The molecule has 1 amide bonds. The fourth-order valence-electron chi connectivity index (χ4n) is 4.63. The van der Waals surface area contributed by atoms with Crippen molar-refractivity contribution in [2.45, 2.75) is 29.6 Å². The minimum absolute atomic E-state index is 0.0111. The van der Waals surface area contributed by atoms with Gasteiger partial charge in [0.1, 0.15) is 6.54 Å². The van der Waals surface area contributed by atoms with Crippen LogP contribution < -0.4 is 14.3 Å². The van der Waals surface area contributed by atoms with E-state index in [1.807, 2.05) is 56.3 Å². The number of hydrogen-bond donors (Lipinski definition) is 2. The van der Waals surface area contributed by atoms with E-state index in [2.05, 4.69) is 10.0 Å². The quantitative estimate of drug-likeness (QED) is 0.184. The van der Waals surface area contributed by atoms with E-state index in [1.54, 1.807) is 42.5 Å². The largest absolute Gasteiger partial charge is 0.325 e. The molecule has 10 heteroatoms. The van der Waals surface area contributed by atoms with Crippen LogP contribution in [-0.2, 0) is 24.8 Å². The predicted octanol–water partition coefficient (Wildman–Crippen LogP) is 6.60. The van der Waals surface area contributed by atoms with Crippen molar-refractivity contribution in [2.75, 3.05) is 20.9 Å². The zero-order valence-corrected chi connectivity index (χ0v) is 25.3. The first-order chi connectivity index (χ1) is 20.5. The number of hydrogen-bond acceptors (Lipinski definition) is 5. The second-order valence-electron chi connectivity index (χ2n) is 10.3. The van der Waals surface area contributed by atoms with Gasteiger partial charge in [-0.15, -0.1) is 0 Å². The monoisotopic (exact) mass is 613 g/mol. The van der Waals surface area contributed by atoms with E-state index in [-0.39, 0.29) is 15.7 Å². The molecular weight excluding hydrogens is 583 g/mol. The van der Waals surface area contributed by atoms with Gasteiger partial charge in [0.2, 0.25) is 5.91 Å². The zero-order valence-electron chi connectivity index (χ0n) is 23.6. The van der Waals surface area contributed by atoms with Gasteiger partial charge in [-0.25, -0.2) is 16.8 Å². The second-order valence-corrected chi connectivity index (χ2v) is 13.8. The molecule has 0 fully saturated rings. The Morgan fingerprint density at radius 3 is 2.00 bits per heavy atom. The average molecular weight is 614 g/mol. The third kappa shape index (κ3) is 6.71. The smallest absolute Gasteiger partial charge is 0.264 e. The molecule has 5 aromatic carbocycles. The molecule has 5 aromatic rings. The Balaban J connectivity index is 1.34. The minimum atomic E-state index is -4.06. The molecule has 0 radical (unpaired) electrons. The van der Waals surface area contributed by atoms with Crippen molar-refractivity contribution in [2.24, 2.45) is 0 Å². The molecule has 0 heterocycles. The van der Waals surface area contributed by atoms with E-state index in [4.69, 9.17) is 0 Å². The summed E-state index contributed by atoms with van der Waals surface area (Å²) in [4.78, 5) is 13.2. The number of amides is 1. The number of carbonyl (C=O) groups excluding carboxylic acids is 1. The Hall–Kier alpha value is -4.67. The molecule has 0 aliphatic carbocycles. The summed E-state index contributed by atoms with van der Waals surface area (Å²) in [6.07, 6.45) is 0. The lowest BCUT2D eigenvalue weighted by Crippen LogP contribution is -2.38. The van der Waals surface area contributed by atoms with Gasteiger partial charge in [0.05, 0.1) is 21.2 Å². The van der Waals surface area contributed by atoms with Crippen molar-refractivity contribution in [1.82, 2.24) is 0 Å². The molecular formula is C33H31N3O5S2.